The predicted octanol–water partition coefficient (Wildman–Crippen LogP) is 2.99. The van der Waals surface area contributed by atoms with Crippen LogP contribution < -0.4 is 0 Å². The zero-order valence-electron chi connectivity index (χ0n) is 15.1. The Morgan fingerprint density at radius 1 is 1.08 bits per heavy atom. The first-order valence-electron chi connectivity index (χ1n) is 9.12. The molecule has 2 aliphatic rings. The van der Waals surface area contributed by atoms with Gasteiger partial charge in [-0.15, -0.1) is 0 Å². The molecule has 0 aliphatic carbocycles. The van der Waals surface area contributed by atoms with Crippen molar-refractivity contribution >= 4 is 5.91 Å². The molecular formula is C21H28N2O. The maximum absolute atomic E-state index is 12.5. The van der Waals surface area contributed by atoms with Gasteiger partial charge in [-0.1, -0.05) is 24.3 Å². The van der Waals surface area contributed by atoms with E-state index in [2.05, 4.69) is 48.8 Å². The number of hydrogen-bond donors (Lipinski definition) is 0. The maximum Gasteiger partial charge on any atom is 0.227 e. The van der Waals surface area contributed by atoms with Gasteiger partial charge in [0.1, 0.15) is 0 Å². The average Bonchev–Trinajstić information content (AvgIpc) is 2.81. The standard InChI is InChI=1S/C21H28N2O/c1-16-11-17(2)13-18(12-16)7-8-20-14-19(21(24)22(20)3)15-23-9-5-4-6-10-23/h11-13,19-20H,4-6,9-10,14-15H2,1-3H3. The molecule has 0 radical (unpaired) electrons. The van der Waals surface area contributed by atoms with E-state index in [1.54, 1.807) is 0 Å². The smallest absolute Gasteiger partial charge is 0.227 e. The normalized spacial score (nSPS) is 24.8. The Balaban J connectivity index is 1.66. The van der Waals surface area contributed by atoms with Gasteiger partial charge in [-0.05, 0) is 69.5 Å². The Kier molecular flexibility index (Phi) is 5.26. The van der Waals surface area contributed by atoms with E-state index in [4.69, 9.17) is 0 Å². The zero-order chi connectivity index (χ0) is 17.1. The fourth-order valence-corrected chi connectivity index (χ4v) is 3.95. The second-order valence-electron chi connectivity index (χ2n) is 7.40. The van der Waals surface area contributed by atoms with Crippen molar-refractivity contribution in [2.45, 2.75) is 45.6 Å². The Bertz CT molecular complexity index is 644. The van der Waals surface area contributed by atoms with Gasteiger partial charge in [0.05, 0.1) is 12.0 Å². The molecule has 2 heterocycles. The first-order chi connectivity index (χ1) is 11.5. The minimum Gasteiger partial charge on any atom is -0.332 e. The number of hydrogen-bond acceptors (Lipinski definition) is 2. The minimum absolute atomic E-state index is 0.0492. The number of nitrogens with zero attached hydrogens (tertiary/aromatic N) is 2. The van der Waals surface area contributed by atoms with Crippen LogP contribution in [0.4, 0.5) is 0 Å². The largest absolute Gasteiger partial charge is 0.332 e. The Hall–Kier alpha value is -1.79. The number of amides is 1. The highest BCUT2D eigenvalue weighted by atomic mass is 16.2. The van der Waals surface area contributed by atoms with E-state index in [0.717, 1.165) is 31.6 Å². The van der Waals surface area contributed by atoms with Crippen molar-refractivity contribution in [2.75, 3.05) is 26.7 Å². The van der Waals surface area contributed by atoms with Crippen LogP contribution in [-0.4, -0.2) is 48.4 Å². The highest BCUT2D eigenvalue weighted by molar-refractivity contribution is 5.82. The molecular weight excluding hydrogens is 296 g/mol. The van der Waals surface area contributed by atoms with Crippen molar-refractivity contribution < 1.29 is 4.79 Å². The molecule has 2 saturated heterocycles. The van der Waals surface area contributed by atoms with Gasteiger partial charge in [-0.3, -0.25) is 4.79 Å². The summed E-state index contributed by atoms with van der Waals surface area (Å²) in [5, 5.41) is 0. The van der Waals surface area contributed by atoms with E-state index < -0.39 is 0 Å². The SMILES string of the molecule is Cc1cc(C)cc(C#CC2CC(CN3CCCCC3)C(=O)N2C)c1. The summed E-state index contributed by atoms with van der Waals surface area (Å²) in [6, 6.07) is 6.43. The van der Waals surface area contributed by atoms with Crippen molar-refractivity contribution in [1.82, 2.24) is 9.80 Å². The van der Waals surface area contributed by atoms with Crippen LogP contribution in [0.2, 0.25) is 0 Å². The van der Waals surface area contributed by atoms with Crippen LogP contribution in [0.25, 0.3) is 0 Å². The molecule has 0 N–H and O–H groups in total. The number of piperidine rings is 1. The maximum atomic E-state index is 12.5. The quantitative estimate of drug-likeness (QED) is 0.781. The molecule has 2 aliphatic heterocycles. The van der Waals surface area contributed by atoms with Crippen LogP contribution in [-0.2, 0) is 4.79 Å². The second-order valence-corrected chi connectivity index (χ2v) is 7.40. The fraction of sp³-hybridized carbons (Fsp3) is 0.571. The number of rotatable bonds is 2. The summed E-state index contributed by atoms with van der Waals surface area (Å²) in [7, 11) is 1.90. The molecule has 2 unspecified atom stereocenters. The topological polar surface area (TPSA) is 23.6 Å². The summed E-state index contributed by atoms with van der Waals surface area (Å²) in [5.74, 6) is 7.00. The van der Waals surface area contributed by atoms with Crippen molar-refractivity contribution in [2.24, 2.45) is 5.92 Å². The second kappa shape index (κ2) is 7.40. The van der Waals surface area contributed by atoms with Crippen LogP contribution in [0.1, 0.15) is 42.4 Å². The van der Waals surface area contributed by atoms with Gasteiger partial charge < -0.3 is 9.80 Å². The molecule has 0 saturated carbocycles. The van der Waals surface area contributed by atoms with Crippen LogP contribution in [0.3, 0.4) is 0 Å². The predicted molar refractivity (Wildman–Crippen MR) is 97.8 cm³/mol. The molecule has 2 atom stereocenters. The molecule has 24 heavy (non-hydrogen) atoms. The molecule has 3 rings (SSSR count). The summed E-state index contributed by atoms with van der Waals surface area (Å²) >= 11 is 0. The van der Waals surface area contributed by atoms with Gasteiger partial charge in [-0.25, -0.2) is 0 Å². The van der Waals surface area contributed by atoms with E-state index in [1.165, 1.54) is 30.4 Å². The molecule has 3 heteroatoms. The van der Waals surface area contributed by atoms with Crippen LogP contribution in [0, 0.1) is 31.6 Å². The van der Waals surface area contributed by atoms with Gasteiger partial charge in [0.25, 0.3) is 0 Å². The minimum atomic E-state index is 0.0492. The summed E-state index contributed by atoms with van der Waals surface area (Å²) in [4.78, 5) is 16.8. The van der Waals surface area contributed by atoms with Gasteiger partial charge >= 0.3 is 0 Å². The summed E-state index contributed by atoms with van der Waals surface area (Å²) in [6.45, 7) is 7.39. The number of likely N-dealkylation sites (tertiary alicyclic amines) is 2. The van der Waals surface area contributed by atoms with E-state index in [9.17, 15) is 4.79 Å². The van der Waals surface area contributed by atoms with E-state index in [1.807, 2.05) is 11.9 Å². The molecule has 0 bridgehead atoms. The Labute approximate surface area is 146 Å². The molecule has 0 spiro atoms. The van der Waals surface area contributed by atoms with Gasteiger partial charge in [0, 0.05) is 19.2 Å². The highest BCUT2D eigenvalue weighted by Crippen LogP contribution is 2.25. The molecule has 1 amide bonds. The fourth-order valence-electron chi connectivity index (χ4n) is 3.95. The first-order valence-corrected chi connectivity index (χ1v) is 9.12. The zero-order valence-corrected chi connectivity index (χ0v) is 15.1. The number of carbonyl (C=O) groups excluding carboxylic acids is 1. The monoisotopic (exact) mass is 324 g/mol. The Morgan fingerprint density at radius 2 is 1.75 bits per heavy atom. The van der Waals surface area contributed by atoms with Gasteiger partial charge in [0.2, 0.25) is 5.91 Å². The molecule has 128 valence electrons. The lowest BCUT2D eigenvalue weighted by atomic mass is 10.0. The van der Waals surface area contributed by atoms with Crippen LogP contribution in [0.15, 0.2) is 18.2 Å². The molecule has 3 nitrogen and oxygen atoms in total. The first kappa shape index (κ1) is 17.0. The molecule has 2 fully saturated rings. The van der Waals surface area contributed by atoms with Gasteiger partial charge in [-0.2, -0.15) is 0 Å². The third-order valence-corrected chi connectivity index (χ3v) is 5.20. The van der Waals surface area contributed by atoms with Crippen molar-refractivity contribution in [3.05, 3.63) is 34.9 Å². The van der Waals surface area contributed by atoms with E-state index in [0.29, 0.717) is 0 Å². The summed E-state index contributed by atoms with van der Waals surface area (Å²) in [6.07, 6.45) is 4.74. The van der Waals surface area contributed by atoms with Crippen molar-refractivity contribution in [1.29, 1.82) is 0 Å². The molecule has 0 aromatic heterocycles. The lowest BCUT2D eigenvalue weighted by molar-refractivity contribution is -0.130. The average molecular weight is 324 g/mol. The number of carbonyl (C=O) groups is 1. The van der Waals surface area contributed by atoms with Crippen molar-refractivity contribution in [3.63, 3.8) is 0 Å². The van der Waals surface area contributed by atoms with Gasteiger partial charge in [0.15, 0.2) is 0 Å². The number of benzene rings is 1. The highest BCUT2D eigenvalue weighted by Gasteiger charge is 2.37. The molecule has 1 aromatic rings. The third kappa shape index (κ3) is 3.99. The summed E-state index contributed by atoms with van der Waals surface area (Å²) in [5.41, 5.74) is 3.52. The lowest BCUT2D eigenvalue weighted by Crippen LogP contribution is -2.37. The lowest BCUT2D eigenvalue weighted by Gasteiger charge is -2.28. The van der Waals surface area contributed by atoms with Crippen molar-refractivity contribution in [3.8, 4) is 11.8 Å². The van der Waals surface area contributed by atoms with E-state index >= 15 is 0 Å². The molecule has 1 aromatic carbocycles. The third-order valence-electron chi connectivity index (χ3n) is 5.20. The van der Waals surface area contributed by atoms with Crippen LogP contribution >= 0.6 is 0 Å². The Morgan fingerprint density at radius 3 is 2.42 bits per heavy atom. The van der Waals surface area contributed by atoms with Crippen LogP contribution in [0.5, 0.6) is 0 Å². The number of aryl methyl sites for hydroxylation is 2. The summed E-state index contributed by atoms with van der Waals surface area (Å²) < 4.78 is 0. The van der Waals surface area contributed by atoms with E-state index in [-0.39, 0.29) is 17.9 Å².